The number of aromatic nitrogens is 2. The second-order valence-electron chi connectivity index (χ2n) is 3.52. The van der Waals surface area contributed by atoms with Gasteiger partial charge in [-0.3, -0.25) is 4.72 Å². The van der Waals surface area contributed by atoms with E-state index >= 15 is 0 Å². The Morgan fingerprint density at radius 1 is 1.00 bits per heavy atom. The van der Waals surface area contributed by atoms with E-state index in [-0.39, 0.29) is 11.0 Å². The lowest BCUT2D eigenvalue weighted by molar-refractivity contribution is 0.432. The van der Waals surface area contributed by atoms with Gasteiger partial charge in [0.1, 0.15) is 4.90 Å². The lowest BCUT2D eigenvalue weighted by atomic mass is 10.3. The molecule has 1 N–H and O–H groups in total. The maximum atomic E-state index is 13.4. The Morgan fingerprint density at radius 2 is 1.70 bits per heavy atom. The van der Waals surface area contributed by atoms with Gasteiger partial charge >= 0.3 is 0 Å². The number of hydrogen-bond donors (Lipinski definition) is 1. The van der Waals surface area contributed by atoms with Crippen molar-refractivity contribution in [1.29, 1.82) is 0 Å². The maximum absolute atomic E-state index is 13.4. The third kappa shape index (κ3) is 2.83. The van der Waals surface area contributed by atoms with Gasteiger partial charge in [-0.05, 0) is 24.3 Å². The predicted molar refractivity (Wildman–Crippen MR) is 64.2 cm³/mol. The standard InChI is InChI=1S/C10H5ClF3N3O2S/c11-7-3-4-8(16-15-7)17-20(18,19)6-2-1-5(12)9(13)10(6)14/h1-4H,(H,16,17). The summed E-state index contributed by atoms with van der Waals surface area (Å²) >= 11 is 5.46. The van der Waals surface area contributed by atoms with Crippen molar-refractivity contribution in [3.8, 4) is 0 Å². The highest BCUT2D eigenvalue weighted by atomic mass is 35.5. The van der Waals surface area contributed by atoms with E-state index in [9.17, 15) is 21.6 Å². The molecule has 5 nitrogen and oxygen atoms in total. The largest absolute Gasteiger partial charge is 0.266 e. The zero-order valence-electron chi connectivity index (χ0n) is 9.44. The van der Waals surface area contributed by atoms with E-state index in [1.807, 2.05) is 4.72 Å². The minimum absolute atomic E-state index is 0.0203. The van der Waals surface area contributed by atoms with Crippen LogP contribution in [0.4, 0.5) is 19.0 Å². The molecule has 0 aliphatic heterocycles. The van der Waals surface area contributed by atoms with Crippen molar-refractivity contribution in [3.05, 3.63) is 46.9 Å². The Balaban J connectivity index is 2.41. The van der Waals surface area contributed by atoms with Gasteiger partial charge in [0.15, 0.2) is 28.4 Å². The van der Waals surface area contributed by atoms with E-state index in [1.54, 1.807) is 0 Å². The van der Waals surface area contributed by atoms with Gasteiger partial charge in [0, 0.05) is 0 Å². The third-order valence-electron chi connectivity index (χ3n) is 2.16. The summed E-state index contributed by atoms with van der Waals surface area (Å²) in [4.78, 5) is -1.05. The van der Waals surface area contributed by atoms with E-state index in [0.29, 0.717) is 12.1 Å². The molecule has 1 heterocycles. The highest BCUT2D eigenvalue weighted by Gasteiger charge is 2.24. The van der Waals surface area contributed by atoms with Crippen LogP contribution in [-0.4, -0.2) is 18.6 Å². The van der Waals surface area contributed by atoms with Crippen LogP contribution in [0.5, 0.6) is 0 Å². The van der Waals surface area contributed by atoms with Crippen LogP contribution in [0.2, 0.25) is 5.15 Å². The van der Waals surface area contributed by atoms with Gasteiger partial charge in [0.25, 0.3) is 10.0 Å². The number of nitrogens with zero attached hydrogens (tertiary/aromatic N) is 2. The summed E-state index contributed by atoms with van der Waals surface area (Å²) in [6, 6.07) is 3.51. The highest BCUT2D eigenvalue weighted by molar-refractivity contribution is 7.92. The molecular formula is C10H5ClF3N3O2S. The van der Waals surface area contributed by atoms with Gasteiger partial charge in [-0.2, -0.15) is 0 Å². The summed E-state index contributed by atoms with van der Waals surface area (Å²) in [6.07, 6.45) is 0. The quantitative estimate of drug-likeness (QED) is 0.880. The zero-order valence-corrected chi connectivity index (χ0v) is 11.0. The van der Waals surface area contributed by atoms with Crippen LogP contribution in [-0.2, 0) is 10.0 Å². The first kappa shape index (κ1) is 14.5. The fourth-order valence-corrected chi connectivity index (χ4v) is 2.45. The summed E-state index contributed by atoms with van der Waals surface area (Å²) in [7, 11) is -4.47. The fourth-order valence-electron chi connectivity index (χ4n) is 1.28. The number of benzene rings is 1. The number of halogens is 4. The molecule has 0 bridgehead atoms. The second-order valence-corrected chi connectivity index (χ2v) is 5.56. The Kier molecular flexibility index (Phi) is 3.82. The van der Waals surface area contributed by atoms with E-state index < -0.39 is 32.4 Å². The molecule has 2 aromatic rings. The summed E-state index contributed by atoms with van der Waals surface area (Å²) in [5, 5.41) is 6.79. The molecule has 0 aliphatic carbocycles. The topological polar surface area (TPSA) is 72.0 Å². The van der Waals surface area contributed by atoms with Crippen molar-refractivity contribution in [2.24, 2.45) is 0 Å². The van der Waals surface area contributed by atoms with Crippen LogP contribution in [0.3, 0.4) is 0 Å². The Hall–Kier alpha value is -1.87. The summed E-state index contributed by atoms with van der Waals surface area (Å²) in [5.74, 6) is -5.44. The average molecular weight is 324 g/mol. The van der Waals surface area contributed by atoms with E-state index in [1.165, 1.54) is 12.1 Å². The first-order valence-corrected chi connectivity index (χ1v) is 6.83. The lowest BCUT2D eigenvalue weighted by Gasteiger charge is -2.08. The van der Waals surface area contributed by atoms with E-state index in [2.05, 4.69) is 10.2 Å². The smallest absolute Gasteiger partial charge is 0.262 e. The van der Waals surface area contributed by atoms with Crippen molar-refractivity contribution in [3.63, 3.8) is 0 Å². The molecule has 0 fully saturated rings. The van der Waals surface area contributed by atoms with Crippen molar-refractivity contribution in [2.45, 2.75) is 4.90 Å². The number of anilines is 1. The fraction of sp³-hybridized carbons (Fsp3) is 0. The Morgan fingerprint density at radius 3 is 2.30 bits per heavy atom. The van der Waals surface area contributed by atoms with Crippen molar-refractivity contribution >= 4 is 27.4 Å². The van der Waals surface area contributed by atoms with Crippen LogP contribution >= 0.6 is 11.6 Å². The lowest BCUT2D eigenvalue weighted by Crippen LogP contribution is -2.16. The van der Waals surface area contributed by atoms with Crippen LogP contribution in [0, 0.1) is 17.5 Å². The second kappa shape index (κ2) is 5.25. The van der Waals surface area contributed by atoms with Crippen LogP contribution < -0.4 is 4.72 Å². The molecule has 0 saturated heterocycles. The Labute approximate surface area is 116 Å². The van der Waals surface area contributed by atoms with Crippen LogP contribution in [0.25, 0.3) is 0 Å². The molecule has 2 rings (SSSR count). The molecule has 106 valence electrons. The molecule has 0 atom stereocenters. The van der Waals surface area contributed by atoms with Crippen molar-refractivity contribution in [1.82, 2.24) is 10.2 Å². The summed E-state index contributed by atoms with van der Waals surface area (Å²) in [5.41, 5.74) is 0. The molecule has 0 saturated carbocycles. The first-order valence-electron chi connectivity index (χ1n) is 4.97. The SMILES string of the molecule is O=S(=O)(Nc1ccc(Cl)nn1)c1ccc(F)c(F)c1F. The molecule has 20 heavy (non-hydrogen) atoms. The third-order valence-corrected chi connectivity index (χ3v) is 3.73. The van der Waals surface area contributed by atoms with Gasteiger partial charge in [-0.15, -0.1) is 10.2 Å². The highest BCUT2D eigenvalue weighted by Crippen LogP contribution is 2.21. The number of rotatable bonds is 3. The number of hydrogen-bond acceptors (Lipinski definition) is 4. The van der Waals surface area contributed by atoms with Gasteiger partial charge in [0.05, 0.1) is 0 Å². The van der Waals surface area contributed by atoms with Gasteiger partial charge in [0.2, 0.25) is 0 Å². The molecule has 10 heteroatoms. The van der Waals surface area contributed by atoms with Crippen LogP contribution in [0.15, 0.2) is 29.2 Å². The van der Waals surface area contributed by atoms with Crippen molar-refractivity contribution < 1.29 is 21.6 Å². The van der Waals surface area contributed by atoms with E-state index in [4.69, 9.17) is 11.6 Å². The van der Waals surface area contributed by atoms with Crippen molar-refractivity contribution in [2.75, 3.05) is 4.72 Å². The Bertz CT molecular complexity index is 753. The predicted octanol–water partition coefficient (Wildman–Crippen LogP) is 2.35. The average Bonchev–Trinajstić information content (AvgIpc) is 2.38. The van der Waals surface area contributed by atoms with Gasteiger partial charge in [-0.25, -0.2) is 21.6 Å². The number of nitrogens with one attached hydrogen (secondary N) is 1. The normalized spacial score (nSPS) is 11.4. The molecule has 0 amide bonds. The van der Waals surface area contributed by atoms with Gasteiger partial charge in [-0.1, -0.05) is 11.6 Å². The molecule has 0 unspecified atom stereocenters. The molecule has 1 aromatic carbocycles. The summed E-state index contributed by atoms with van der Waals surface area (Å²) < 4.78 is 64.7. The molecule has 0 aliphatic rings. The number of sulfonamides is 1. The molecule has 0 radical (unpaired) electrons. The first-order chi connectivity index (χ1) is 9.31. The zero-order chi connectivity index (χ0) is 14.9. The van der Waals surface area contributed by atoms with Gasteiger partial charge < -0.3 is 0 Å². The minimum Gasteiger partial charge on any atom is -0.262 e. The van der Waals surface area contributed by atoms with Crippen LogP contribution in [0.1, 0.15) is 0 Å². The molecule has 1 aromatic heterocycles. The molecule has 0 spiro atoms. The minimum atomic E-state index is -4.47. The van der Waals surface area contributed by atoms with E-state index in [0.717, 1.165) is 0 Å². The molecular weight excluding hydrogens is 319 g/mol. The monoisotopic (exact) mass is 323 g/mol. The maximum Gasteiger partial charge on any atom is 0.266 e. The summed E-state index contributed by atoms with van der Waals surface area (Å²) in [6.45, 7) is 0.